The van der Waals surface area contributed by atoms with Crippen molar-refractivity contribution in [2.24, 2.45) is 11.7 Å². The minimum atomic E-state index is 0.0171. The van der Waals surface area contributed by atoms with E-state index in [9.17, 15) is 0 Å². The van der Waals surface area contributed by atoms with Crippen LogP contribution < -0.4 is 5.73 Å². The molecule has 0 spiro atoms. The summed E-state index contributed by atoms with van der Waals surface area (Å²) in [5, 5.41) is 0. The van der Waals surface area contributed by atoms with Gasteiger partial charge >= 0.3 is 0 Å². The van der Waals surface area contributed by atoms with Crippen LogP contribution in [0.2, 0.25) is 0 Å². The number of rotatable bonds is 7. The highest BCUT2D eigenvalue weighted by Gasteiger charge is 2.41. The van der Waals surface area contributed by atoms with Crippen LogP contribution in [0, 0.1) is 5.92 Å². The van der Waals surface area contributed by atoms with E-state index >= 15 is 0 Å². The first-order valence-corrected chi connectivity index (χ1v) is 6.59. The quantitative estimate of drug-likeness (QED) is 0.728. The lowest BCUT2D eigenvalue weighted by Gasteiger charge is -2.46. The summed E-state index contributed by atoms with van der Waals surface area (Å²) < 4.78 is 10.7. The van der Waals surface area contributed by atoms with Gasteiger partial charge in [-0.1, -0.05) is 0 Å². The number of nitrogens with two attached hydrogens (primary N) is 1. The predicted molar refractivity (Wildman–Crippen MR) is 70.1 cm³/mol. The summed E-state index contributed by atoms with van der Waals surface area (Å²) in [6, 6.07) is 0.472. The Morgan fingerprint density at radius 2 is 2.24 bits per heavy atom. The second kappa shape index (κ2) is 6.69. The standard InChI is InChI=1S/C13H28N2O2/c1-11(2)15(6-8-16-4)13(3,10-14)12-5-7-17-9-12/h11-12H,5-10,14H2,1-4H3. The van der Waals surface area contributed by atoms with Crippen molar-refractivity contribution in [2.75, 3.05) is 40.0 Å². The molecule has 0 aromatic rings. The Balaban J connectivity index is 2.77. The van der Waals surface area contributed by atoms with Crippen LogP contribution in [-0.4, -0.2) is 56.5 Å². The van der Waals surface area contributed by atoms with Crippen molar-refractivity contribution in [2.45, 2.75) is 38.8 Å². The molecule has 1 aliphatic heterocycles. The molecule has 0 amide bonds. The van der Waals surface area contributed by atoms with Crippen molar-refractivity contribution in [1.29, 1.82) is 0 Å². The van der Waals surface area contributed by atoms with Crippen LogP contribution in [0.4, 0.5) is 0 Å². The Labute approximate surface area is 105 Å². The Bertz CT molecular complexity index is 217. The molecule has 102 valence electrons. The van der Waals surface area contributed by atoms with E-state index in [1.165, 1.54) is 0 Å². The van der Waals surface area contributed by atoms with Crippen molar-refractivity contribution in [3.8, 4) is 0 Å². The Morgan fingerprint density at radius 3 is 2.65 bits per heavy atom. The van der Waals surface area contributed by atoms with Gasteiger partial charge in [-0.2, -0.15) is 0 Å². The maximum Gasteiger partial charge on any atom is 0.0590 e. The first-order chi connectivity index (χ1) is 8.06. The van der Waals surface area contributed by atoms with Gasteiger partial charge in [-0.05, 0) is 27.2 Å². The normalized spacial score (nSPS) is 24.5. The molecule has 17 heavy (non-hydrogen) atoms. The highest BCUT2D eigenvalue weighted by atomic mass is 16.5. The van der Waals surface area contributed by atoms with Crippen molar-refractivity contribution >= 4 is 0 Å². The number of hydrogen-bond acceptors (Lipinski definition) is 4. The third-order valence-electron chi connectivity index (χ3n) is 4.04. The van der Waals surface area contributed by atoms with Gasteiger partial charge in [-0.3, -0.25) is 4.90 Å². The fraction of sp³-hybridized carbons (Fsp3) is 1.00. The Kier molecular flexibility index (Phi) is 5.86. The van der Waals surface area contributed by atoms with Gasteiger partial charge < -0.3 is 15.2 Å². The molecule has 4 nitrogen and oxygen atoms in total. The number of nitrogens with zero attached hydrogens (tertiary/aromatic N) is 1. The Hall–Kier alpha value is -0.160. The highest BCUT2D eigenvalue weighted by Crippen LogP contribution is 2.31. The first kappa shape index (κ1) is 14.9. The molecule has 0 radical (unpaired) electrons. The molecule has 0 saturated carbocycles. The molecule has 0 aromatic heterocycles. The van der Waals surface area contributed by atoms with Gasteiger partial charge in [0.25, 0.3) is 0 Å². The monoisotopic (exact) mass is 244 g/mol. The van der Waals surface area contributed by atoms with E-state index in [0.717, 1.165) is 32.8 Å². The molecular weight excluding hydrogens is 216 g/mol. The minimum absolute atomic E-state index is 0.0171. The van der Waals surface area contributed by atoms with Crippen molar-refractivity contribution in [3.63, 3.8) is 0 Å². The lowest BCUT2D eigenvalue weighted by molar-refractivity contribution is 0.00358. The van der Waals surface area contributed by atoms with Gasteiger partial charge in [-0.15, -0.1) is 0 Å². The van der Waals surface area contributed by atoms with E-state index < -0.39 is 0 Å². The van der Waals surface area contributed by atoms with Crippen LogP contribution in [0.5, 0.6) is 0 Å². The summed E-state index contributed by atoms with van der Waals surface area (Å²) in [6.07, 6.45) is 1.11. The third kappa shape index (κ3) is 3.41. The van der Waals surface area contributed by atoms with Crippen molar-refractivity contribution in [3.05, 3.63) is 0 Å². The number of hydrogen-bond donors (Lipinski definition) is 1. The third-order valence-corrected chi connectivity index (χ3v) is 4.04. The maximum absolute atomic E-state index is 6.06. The zero-order valence-electron chi connectivity index (χ0n) is 11.7. The second-order valence-corrected chi connectivity index (χ2v) is 5.40. The molecule has 4 heteroatoms. The molecule has 1 heterocycles. The topological polar surface area (TPSA) is 47.7 Å². The molecule has 1 aliphatic rings. The Morgan fingerprint density at radius 1 is 1.53 bits per heavy atom. The SMILES string of the molecule is COCCN(C(C)C)C(C)(CN)C1CCOC1. The van der Waals surface area contributed by atoms with Crippen LogP contribution in [0.25, 0.3) is 0 Å². The van der Waals surface area contributed by atoms with E-state index in [-0.39, 0.29) is 5.54 Å². The largest absolute Gasteiger partial charge is 0.383 e. The van der Waals surface area contributed by atoms with Gasteiger partial charge in [0.2, 0.25) is 0 Å². The molecule has 2 N–H and O–H groups in total. The molecule has 2 unspecified atom stereocenters. The zero-order valence-corrected chi connectivity index (χ0v) is 11.7. The fourth-order valence-corrected chi connectivity index (χ4v) is 2.84. The smallest absolute Gasteiger partial charge is 0.0590 e. The number of ether oxygens (including phenoxy) is 2. The summed E-state index contributed by atoms with van der Waals surface area (Å²) in [5.74, 6) is 0.534. The maximum atomic E-state index is 6.06. The highest BCUT2D eigenvalue weighted by molar-refractivity contribution is 4.96. The van der Waals surface area contributed by atoms with Crippen LogP contribution in [0.1, 0.15) is 27.2 Å². The minimum Gasteiger partial charge on any atom is -0.383 e. The van der Waals surface area contributed by atoms with Gasteiger partial charge in [0.05, 0.1) is 13.2 Å². The summed E-state index contributed by atoms with van der Waals surface area (Å²) >= 11 is 0. The predicted octanol–water partition coefficient (Wildman–Crippen LogP) is 1.10. The average molecular weight is 244 g/mol. The summed E-state index contributed by atoms with van der Waals surface area (Å²) in [7, 11) is 1.75. The molecule has 0 aliphatic carbocycles. The van der Waals surface area contributed by atoms with Crippen LogP contribution in [0.15, 0.2) is 0 Å². The van der Waals surface area contributed by atoms with Gasteiger partial charge in [0, 0.05) is 44.3 Å². The zero-order chi connectivity index (χ0) is 12.9. The number of methoxy groups -OCH3 is 1. The summed E-state index contributed by atoms with van der Waals surface area (Å²) in [5.41, 5.74) is 6.08. The first-order valence-electron chi connectivity index (χ1n) is 6.59. The molecule has 0 aromatic carbocycles. The summed E-state index contributed by atoms with van der Waals surface area (Å²) in [6.45, 7) is 10.8. The van der Waals surface area contributed by atoms with Crippen LogP contribution in [0.3, 0.4) is 0 Å². The van der Waals surface area contributed by atoms with Crippen molar-refractivity contribution in [1.82, 2.24) is 4.90 Å². The van der Waals surface area contributed by atoms with Crippen LogP contribution >= 0.6 is 0 Å². The van der Waals surface area contributed by atoms with Crippen LogP contribution in [-0.2, 0) is 9.47 Å². The molecule has 2 atom stereocenters. The van der Waals surface area contributed by atoms with Gasteiger partial charge in [0.15, 0.2) is 0 Å². The lowest BCUT2D eigenvalue weighted by atomic mass is 9.82. The lowest BCUT2D eigenvalue weighted by Crippen LogP contribution is -2.60. The molecular formula is C13H28N2O2. The van der Waals surface area contributed by atoms with E-state index in [1.807, 2.05) is 0 Å². The summed E-state index contributed by atoms with van der Waals surface area (Å²) in [4.78, 5) is 2.47. The van der Waals surface area contributed by atoms with Crippen molar-refractivity contribution < 1.29 is 9.47 Å². The van der Waals surface area contributed by atoms with Gasteiger partial charge in [0.1, 0.15) is 0 Å². The van der Waals surface area contributed by atoms with E-state index in [2.05, 4.69) is 25.7 Å². The second-order valence-electron chi connectivity index (χ2n) is 5.40. The fourth-order valence-electron chi connectivity index (χ4n) is 2.84. The van der Waals surface area contributed by atoms with E-state index in [0.29, 0.717) is 18.5 Å². The van der Waals surface area contributed by atoms with E-state index in [4.69, 9.17) is 15.2 Å². The molecule has 1 fully saturated rings. The van der Waals surface area contributed by atoms with E-state index in [1.54, 1.807) is 7.11 Å². The molecule has 1 rings (SSSR count). The molecule has 1 saturated heterocycles. The molecule has 0 bridgehead atoms. The van der Waals surface area contributed by atoms with Gasteiger partial charge in [-0.25, -0.2) is 0 Å². The average Bonchev–Trinajstić information content (AvgIpc) is 2.82.